The fraction of sp³-hybridized carbons (Fsp3) is 0. The highest BCUT2D eigenvalue weighted by Crippen LogP contribution is 1.62. The molecule has 1 aromatic heterocycles. The third-order valence-corrected chi connectivity index (χ3v) is 0.362. The fourth-order valence-electron chi connectivity index (χ4n) is 0.186. The second-order valence-electron chi connectivity index (χ2n) is 0.703. The number of nitrogens with one attached hydrogen (secondary N) is 1. The third kappa shape index (κ3) is 1.08. The normalized spacial score (nSPS) is 6.67. The second kappa shape index (κ2) is 2.72. The van der Waals surface area contributed by atoms with Crippen molar-refractivity contribution in [1.29, 1.82) is 0 Å². The average Bonchev–Trinajstić information content (AvgIpc) is 1.76. The zero-order valence-corrected chi connectivity index (χ0v) is 3.83. The molecule has 2 nitrogen and oxygen atoms in total. The smallest absolute Gasteiger partial charge is 0.112 e. The largest absolute Gasteiger partial charge is 0.285 e. The molecular formula is C3H4ClN2. The summed E-state index contributed by atoms with van der Waals surface area (Å²) in [6.07, 6.45) is 4.26. The van der Waals surface area contributed by atoms with E-state index in [4.69, 9.17) is 0 Å². The number of aromatic amines is 1. The Morgan fingerprint density at radius 2 is 2.50 bits per heavy atom. The van der Waals surface area contributed by atoms with E-state index in [1.165, 1.54) is 0 Å². The summed E-state index contributed by atoms with van der Waals surface area (Å²) >= 11 is 0. The Bertz CT molecular complexity index is 65.3. The van der Waals surface area contributed by atoms with Crippen LogP contribution in [0.25, 0.3) is 0 Å². The number of hydrogen-bond acceptors (Lipinski definition) is 1. The van der Waals surface area contributed by atoms with Crippen molar-refractivity contribution in [2.24, 2.45) is 0 Å². The number of H-pyrrole nitrogens is 1. The molecule has 0 unspecified atom stereocenters. The van der Waals surface area contributed by atoms with Crippen LogP contribution < -0.4 is 0 Å². The van der Waals surface area contributed by atoms with E-state index in [0.717, 1.165) is 0 Å². The Morgan fingerprint density at radius 3 is 2.67 bits per heavy atom. The van der Waals surface area contributed by atoms with Crippen molar-refractivity contribution in [3.63, 3.8) is 0 Å². The number of hydrogen-bond donors (Lipinski definition) is 1. The molecule has 1 radical (unpaired) electrons. The van der Waals surface area contributed by atoms with Gasteiger partial charge < -0.3 is 0 Å². The van der Waals surface area contributed by atoms with Gasteiger partial charge in [0.2, 0.25) is 0 Å². The lowest BCUT2D eigenvalue weighted by atomic mass is 10.8. The minimum absolute atomic E-state index is 0. The first kappa shape index (κ1) is 5.50. The maximum Gasteiger partial charge on any atom is 0.112 e. The van der Waals surface area contributed by atoms with E-state index in [-0.39, 0.29) is 12.4 Å². The van der Waals surface area contributed by atoms with Gasteiger partial charge in [-0.15, -0.1) is 12.4 Å². The summed E-state index contributed by atoms with van der Waals surface area (Å²) in [6.45, 7) is 0. The summed E-state index contributed by atoms with van der Waals surface area (Å²) < 4.78 is 0. The van der Waals surface area contributed by atoms with Gasteiger partial charge in [0, 0.05) is 6.20 Å². The van der Waals surface area contributed by atoms with Crippen LogP contribution in [0.1, 0.15) is 0 Å². The quantitative estimate of drug-likeness (QED) is 0.513. The average molecular weight is 104 g/mol. The number of rotatable bonds is 0. The number of nitrogens with zero attached hydrogens (tertiary/aromatic N) is 1. The molecule has 6 heavy (non-hydrogen) atoms. The molecule has 0 spiro atoms. The van der Waals surface area contributed by atoms with Crippen LogP contribution in [0.2, 0.25) is 0 Å². The molecule has 0 aromatic carbocycles. The van der Waals surface area contributed by atoms with Crippen LogP contribution in [0, 0.1) is 6.20 Å². The van der Waals surface area contributed by atoms with Crippen LogP contribution in [0.5, 0.6) is 0 Å². The predicted octanol–water partition coefficient (Wildman–Crippen LogP) is 0.632. The highest BCUT2D eigenvalue weighted by molar-refractivity contribution is 5.85. The van der Waals surface area contributed by atoms with Gasteiger partial charge in [-0.1, -0.05) is 0 Å². The van der Waals surface area contributed by atoms with Gasteiger partial charge in [-0.25, -0.2) is 0 Å². The third-order valence-electron chi connectivity index (χ3n) is 0.362. The molecule has 0 amide bonds. The molecule has 0 fully saturated rings. The maximum absolute atomic E-state index is 3.47. The maximum atomic E-state index is 3.47. The lowest BCUT2D eigenvalue weighted by Crippen LogP contribution is -1.54. The monoisotopic (exact) mass is 103 g/mol. The molecule has 1 heterocycles. The summed E-state index contributed by atoms with van der Waals surface area (Å²) in [4.78, 5) is 0. The first-order valence-electron chi connectivity index (χ1n) is 1.36. The van der Waals surface area contributed by atoms with Crippen molar-refractivity contribution in [1.82, 2.24) is 10.2 Å². The summed E-state index contributed by atoms with van der Waals surface area (Å²) in [6, 6.07) is 1.71. The van der Waals surface area contributed by atoms with E-state index in [2.05, 4.69) is 16.4 Å². The van der Waals surface area contributed by atoms with Crippen LogP contribution in [-0.4, -0.2) is 10.2 Å². The Kier molecular flexibility index (Phi) is 2.50. The summed E-state index contributed by atoms with van der Waals surface area (Å²) in [7, 11) is 0. The van der Waals surface area contributed by atoms with Crippen LogP contribution in [0.4, 0.5) is 0 Å². The van der Waals surface area contributed by atoms with E-state index >= 15 is 0 Å². The molecule has 0 saturated heterocycles. The zero-order chi connectivity index (χ0) is 3.54. The molecule has 0 bridgehead atoms. The van der Waals surface area contributed by atoms with E-state index in [1.807, 2.05) is 0 Å². The predicted molar refractivity (Wildman–Crippen MR) is 24.7 cm³/mol. The van der Waals surface area contributed by atoms with Crippen molar-refractivity contribution in [3.8, 4) is 0 Å². The molecule has 0 saturated carbocycles. The molecule has 0 atom stereocenters. The van der Waals surface area contributed by atoms with Gasteiger partial charge in [-0.2, -0.15) is 5.10 Å². The van der Waals surface area contributed by atoms with E-state index in [1.54, 1.807) is 12.3 Å². The highest BCUT2D eigenvalue weighted by atomic mass is 35.5. The molecule has 3 heteroatoms. The Morgan fingerprint density at radius 1 is 1.67 bits per heavy atom. The summed E-state index contributed by atoms with van der Waals surface area (Å²) in [5.41, 5.74) is 0. The van der Waals surface area contributed by atoms with Gasteiger partial charge in [-0.3, -0.25) is 5.10 Å². The van der Waals surface area contributed by atoms with Gasteiger partial charge in [0.15, 0.2) is 0 Å². The number of aromatic nitrogens is 2. The first-order valence-corrected chi connectivity index (χ1v) is 1.36. The van der Waals surface area contributed by atoms with Crippen molar-refractivity contribution in [2.45, 2.75) is 0 Å². The fourth-order valence-corrected chi connectivity index (χ4v) is 0.186. The Hall–Kier alpha value is -0.500. The van der Waals surface area contributed by atoms with E-state index in [0.29, 0.717) is 0 Å². The molecule has 0 aliphatic rings. The summed E-state index contributed by atoms with van der Waals surface area (Å²) in [5.74, 6) is 0. The summed E-state index contributed by atoms with van der Waals surface area (Å²) in [5, 5.41) is 6.03. The SMILES string of the molecule is Cl.[c]1cc[nH]n1. The molecule has 33 valence electrons. The Labute approximate surface area is 42.0 Å². The highest BCUT2D eigenvalue weighted by Gasteiger charge is 1.58. The minimum atomic E-state index is 0. The number of halogens is 1. The molecule has 1 N–H and O–H groups in total. The van der Waals surface area contributed by atoms with Gasteiger partial charge in [-0.05, 0) is 6.07 Å². The standard InChI is InChI=1S/C3H3N2.ClH/c1-2-4-5-3-1;/h1-2H,(H,4,5);1H. The zero-order valence-electron chi connectivity index (χ0n) is 3.01. The second-order valence-corrected chi connectivity index (χ2v) is 0.703. The van der Waals surface area contributed by atoms with Crippen molar-refractivity contribution >= 4 is 12.4 Å². The van der Waals surface area contributed by atoms with Gasteiger partial charge in [0.25, 0.3) is 0 Å². The van der Waals surface area contributed by atoms with Crippen molar-refractivity contribution in [2.75, 3.05) is 0 Å². The van der Waals surface area contributed by atoms with Gasteiger partial charge in [0.05, 0.1) is 0 Å². The van der Waals surface area contributed by atoms with E-state index < -0.39 is 0 Å². The van der Waals surface area contributed by atoms with Crippen LogP contribution >= 0.6 is 12.4 Å². The van der Waals surface area contributed by atoms with Crippen LogP contribution in [0.3, 0.4) is 0 Å². The lowest BCUT2D eigenvalue weighted by Gasteiger charge is -1.48. The molecule has 0 aliphatic carbocycles. The molecule has 1 rings (SSSR count). The van der Waals surface area contributed by atoms with Crippen LogP contribution in [-0.2, 0) is 0 Å². The lowest BCUT2D eigenvalue weighted by molar-refractivity contribution is 1.08. The van der Waals surface area contributed by atoms with Gasteiger partial charge in [0.1, 0.15) is 6.20 Å². The van der Waals surface area contributed by atoms with Gasteiger partial charge >= 0.3 is 0 Å². The Balaban J connectivity index is 0.000000250. The topological polar surface area (TPSA) is 28.7 Å². The van der Waals surface area contributed by atoms with Crippen molar-refractivity contribution < 1.29 is 0 Å². The van der Waals surface area contributed by atoms with Crippen LogP contribution in [0.15, 0.2) is 12.3 Å². The molecule has 0 aliphatic heterocycles. The molecular weight excluding hydrogens is 99.5 g/mol. The van der Waals surface area contributed by atoms with E-state index in [9.17, 15) is 0 Å². The minimum Gasteiger partial charge on any atom is -0.285 e. The molecule has 1 aromatic rings. The van der Waals surface area contributed by atoms with Crippen molar-refractivity contribution in [3.05, 3.63) is 18.5 Å². The first-order chi connectivity index (χ1) is 2.50.